The molecule has 1 amide bonds. The second-order valence-electron chi connectivity index (χ2n) is 5.19. The van der Waals surface area contributed by atoms with Crippen molar-refractivity contribution in [1.82, 2.24) is 5.32 Å². The molecule has 0 aliphatic heterocycles. The number of amides is 1. The zero-order valence-electron chi connectivity index (χ0n) is 12.9. The predicted octanol–water partition coefficient (Wildman–Crippen LogP) is 3.93. The quantitative estimate of drug-likeness (QED) is 0.747. The van der Waals surface area contributed by atoms with Crippen LogP contribution in [0.15, 0.2) is 71.3 Å². The summed E-state index contributed by atoms with van der Waals surface area (Å²) in [6.45, 7) is 0.526. The Bertz CT molecular complexity index is 797. The zero-order chi connectivity index (χ0) is 16.8. The average Bonchev–Trinajstić information content (AvgIpc) is 3.09. The van der Waals surface area contributed by atoms with Crippen molar-refractivity contribution in [3.63, 3.8) is 0 Å². The SMILES string of the molecule is O=C(NCc1ccc(F)cc1)c1occc1COc1ccccc1. The Morgan fingerprint density at radius 3 is 2.54 bits per heavy atom. The lowest BCUT2D eigenvalue weighted by Gasteiger charge is -2.07. The summed E-state index contributed by atoms with van der Waals surface area (Å²) < 4.78 is 23.8. The first-order chi connectivity index (χ1) is 11.7. The zero-order valence-corrected chi connectivity index (χ0v) is 12.9. The van der Waals surface area contributed by atoms with Gasteiger partial charge in [0.05, 0.1) is 6.26 Å². The summed E-state index contributed by atoms with van der Waals surface area (Å²) in [5.41, 5.74) is 1.47. The van der Waals surface area contributed by atoms with Gasteiger partial charge in [0.25, 0.3) is 5.91 Å². The molecule has 0 radical (unpaired) electrons. The maximum atomic E-state index is 12.9. The normalized spacial score (nSPS) is 10.4. The molecule has 4 nitrogen and oxygen atoms in total. The van der Waals surface area contributed by atoms with Crippen LogP contribution in [0, 0.1) is 5.82 Å². The van der Waals surface area contributed by atoms with Gasteiger partial charge in [-0.3, -0.25) is 4.79 Å². The molecule has 0 bridgehead atoms. The van der Waals surface area contributed by atoms with Gasteiger partial charge < -0.3 is 14.5 Å². The molecule has 24 heavy (non-hydrogen) atoms. The topological polar surface area (TPSA) is 51.5 Å². The van der Waals surface area contributed by atoms with Gasteiger partial charge in [-0.15, -0.1) is 0 Å². The minimum Gasteiger partial charge on any atom is -0.489 e. The molecule has 5 heteroatoms. The second-order valence-corrected chi connectivity index (χ2v) is 5.19. The van der Waals surface area contributed by atoms with Crippen molar-refractivity contribution in [2.24, 2.45) is 0 Å². The van der Waals surface area contributed by atoms with E-state index in [1.807, 2.05) is 30.3 Å². The molecule has 1 aromatic heterocycles. The molecule has 3 aromatic rings. The van der Waals surface area contributed by atoms with Crippen molar-refractivity contribution in [2.75, 3.05) is 0 Å². The van der Waals surface area contributed by atoms with Crippen LogP contribution in [0.1, 0.15) is 21.7 Å². The lowest BCUT2D eigenvalue weighted by molar-refractivity contribution is 0.0919. The minimum absolute atomic E-state index is 0.216. The van der Waals surface area contributed by atoms with Crippen LogP contribution >= 0.6 is 0 Å². The third kappa shape index (κ3) is 4.01. The van der Waals surface area contributed by atoms with E-state index in [0.29, 0.717) is 12.1 Å². The molecule has 122 valence electrons. The van der Waals surface area contributed by atoms with Crippen LogP contribution in [-0.4, -0.2) is 5.91 Å². The summed E-state index contributed by atoms with van der Waals surface area (Å²) in [6.07, 6.45) is 1.45. The molecule has 0 spiro atoms. The van der Waals surface area contributed by atoms with Gasteiger partial charge in [0.1, 0.15) is 18.2 Å². The number of carbonyl (C=O) groups is 1. The first kappa shape index (κ1) is 15.8. The molecule has 2 aromatic carbocycles. The van der Waals surface area contributed by atoms with Crippen LogP contribution in [0.3, 0.4) is 0 Å². The third-order valence-electron chi connectivity index (χ3n) is 3.46. The van der Waals surface area contributed by atoms with Crippen LogP contribution < -0.4 is 10.1 Å². The summed E-state index contributed by atoms with van der Waals surface area (Å²) in [4.78, 5) is 12.2. The van der Waals surface area contributed by atoms with E-state index in [4.69, 9.17) is 9.15 Å². The van der Waals surface area contributed by atoms with Gasteiger partial charge in [0.15, 0.2) is 5.76 Å². The third-order valence-corrected chi connectivity index (χ3v) is 3.46. The Morgan fingerprint density at radius 1 is 1.04 bits per heavy atom. The van der Waals surface area contributed by atoms with E-state index in [0.717, 1.165) is 11.3 Å². The van der Waals surface area contributed by atoms with E-state index in [-0.39, 0.29) is 24.1 Å². The van der Waals surface area contributed by atoms with Crippen LogP contribution in [0.4, 0.5) is 4.39 Å². The number of benzene rings is 2. The average molecular weight is 325 g/mol. The van der Waals surface area contributed by atoms with Gasteiger partial charge in [-0.05, 0) is 35.9 Å². The van der Waals surface area contributed by atoms with Crippen LogP contribution in [0.5, 0.6) is 5.75 Å². The number of para-hydroxylation sites is 1. The standard InChI is InChI=1S/C19H16FNO3/c20-16-8-6-14(7-9-16)12-21-19(22)18-15(10-11-23-18)13-24-17-4-2-1-3-5-17/h1-11H,12-13H2,(H,21,22). The van der Waals surface area contributed by atoms with E-state index in [9.17, 15) is 9.18 Å². The fourth-order valence-electron chi connectivity index (χ4n) is 2.19. The Balaban J connectivity index is 1.59. The van der Waals surface area contributed by atoms with Crippen molar-refractivity contribution in [3.05, 3.63) is 89.6 Å². The van der Waals surface area contributed by atoms with Gasteiger partial charge in [-0.25, -0.2) is 4.39 Å². The van der Waals surface area contributed by atoms with Crippen LogP contribution in [-0.2, 0) is 13.2 Å². The smallest absolute Gasteiger partial charge is 0.287 e. The van der Waals surface area contributed by atoms with E-state index in [1.165, 1.54) is 18.4 Å². The van der Waals surface area contributed by atoms with Crippen molar-refractivity contribution >= 4 is 5.91 Å². The lowest BCUT2D eigenvalue weighted by Crippen LogP contribution is -2.23. The van der Waals surface area contributed by atoms with Crippen LogP contribution in [0.2, 0.25) is 0 Å². The summed E-state index contributed by atoms with van der Waals surface area (Å²) in [7, 11) is 0. The summed E-state index contributed by atoms with van der Waals surface area (Å²) in [6, 6.07) is 17.0. The number of furan rings is 1. The van der Waals surface area contributed by atoms with Crippen molar-refractivity contribution in [1.29, 1.82) is 0 Å². The lowest BCUT2D eigenvalue weighted by atomic mass is 10.2. The van der Waals surface area contributed by atoms with Gasteiger partial charge in [-0.2, -0.15) is 0 Å². The number of halogens is 1. The van der Waals surface area contributed by atoms with E-state index >= 15 is 0 Å². The highest BCUT2D eigenvalue weighted by Crippen LogP contribution is 2.16. The second kappa shape index (κ2) is 7.46. The Hall–Kier alpha value is -3.08. The van der Waals surface area contributed by atoms with Gasteiger partial charge >= 0.3 is 0 Å². The highest BCUT2D eigenvalue weighted by atomic mass is 19.1. The summed E-state index contributed by atoms with van der Waals surface area (Å²) in [5, 5.41) is 2.75. The van der Waals surface area contributed by atoms with Crippen molar-refractivity contribution in [3.8, 4) is 5.75 Å². The number of hydrogen-bond donors (Lipinski definition) is 1. The molecule has 0 unspecified atom stereocenters. The molecule has 0 atom stereocenters. The summed E-state index contributed by atoms with van der Waals surface area (Å²) in [5.74, 6) is 0.289. The number of hydrogen-bond acceptors (Lipinski definition) is 3. The van der Waals surface area contributed by atoms with E-state index in [1.54, 1.807) is 18.2 Å². The largest absolute Gasteiger partial charge is 0.489 e. The van der Waals surface area contributed by atoms with Gasteiger partial charge in [0.2, 0.25) is 0 Å². The van der Waals surface area contributed by atoms with Crippen molar-refractivity contribution < 1.29 is 18.3 Å². The van der Waals surface area contributed by atoms with Gasteiger partial charge in [-0.1, -0.05) is 30.3 Å². The molecular formula is C19H16FNO3. The predicted molar refractivity (Wildman–Crippen MR) is 87.1 cm³/mol. The van der Waals surface area contributed by atoms with Crippen molar-refractivity contribution in [2.45, 2.75) is 13.2 Å². The maximum Gasteiger partial charge on any atom is 0.287 e. The van der Waals surface area contributed by atoms with E-state index < -0.39 is 0 Å². The fraction of sp³-hybridized carbons (Fsp3) is 0.105. The summed E-state index contributed by atoms with van der Waals surface area (Å²) >= 11 is 0. The number of rotatable bonds is 6. The molecule has 0 fully saturated rings. The number of ether oxygens (including phenoxy) is 1. The molecule has 0 saturated carbocycles. The minimum atomic E-state index is -0.337. The highest BCUT2D eigenvalue weighted by molar-refractivity contribution is 5.92. The first-order valence-corrected chi connectivity index (χ1v) is 7.49. The fourth-order valence-corrected chi connectivity index (χ4v) is 2.19. The molecule has 1 N–H and O–H groups in total. The van der Waals surface area contributed by atoms with E-state index in [2.05, 4.69) is 5.32 Å². The first-order valence-electron chi connectivity index (χ1n) is 7.49. The molecule has 0 aliphatic carbocycles. The number of carbonyl (C=O) groups excluding carboxylic acids is 1. The van der Waals surface area contributed by atoms with Gasteiger partial charge in [0, 0.05) is 12.1 Å². The Labute approximate surface area is 138 Å². The number of nitrogens with one attached hydrogen (secondary N) is 1. The molecule has 0 saturated heterocycles. The molecule has 0 aliphatic rings. The van der Waals surface area contributed by atoms with Crippen LogP contribution in [0.25, 0.3) is 0 Å². The monoisotopic (exact) mass is 325 g/mol. The molecular weight excluding hydrogens is 309 g/mol. The molecule has 3 rings (SSSR count). The molecule has 1 heterocycles. The maximum absolute atomic E-state index is 12.9. The highest BCUT2D eigenvalue weighted by Gasteiger charge is 2.15. The Morgan fingerprint density at radius 2 is 1.79 bits per heavy atom. The Kier molecular flexibility index (Phi) is 4.91.